The van der Waals surface area contributed by atoms with Crippen molar-refractivity contribution >= 4 is 17.1 Å². The molecule has 6 heteroatoms. The zero-order valence-electron chi connectivity index (χ0n) is 16.8. The van der Waals surface area contributed by atoms with Gasteiger partial charge in [-0.05, 0) is 55.3 Å². The van der Waals surface area contributed by atoms with Crippen molar-refractivity contribution in [2.45, 2.75) is 20.4 Å². The van der Waals surface area contributed by atoms with Gasteiger partial charge in [0, 0.05) is 25.2 Å². The third-order valence-electron chi connectivity index (χ3n) is 4.99. The topological polar surface area (TPSA) is 60.6 Å². The summed E-state index contributed by atoms with van der Waals surface area (Å²) in [6, 6.07) is 15.7. The SMILES string of the molecule is COCCn1ccc(-c2cc(C(=O)Nc3cc(C)ccc3C)c3ccccn23)n1. The smallest absolute Gasteiger partial charge is 0.257 e. The Balaban J connectivity index is 1.71. The van der Waals surface area contributed by atoms with Crippen LogP contribution in [0.5, 0.6) is 0 Å². The molecule has 1 amide bonds. The number of amides is 1. The van der Waals surface area contributed by atoms with E-state index in [2.05, 4.69) is 10.4 Å². The van der Waals surface area contributed by atoms with E-state index in [9.17, 15) is 4.79 Å². The Bertz CT molecular complexity index is 1170. The molecule has 0 spiro atoms. The number of fused-ring (bicyclic) bond motifs is 1. The number of hydrogen-bond donors (Lipinski definition) is 1. The van der Waals surface area contributed by atoms with Crippen LogP contribution in [-0.4, -0.2) is 33.8 Å². The molecular weight excluding hydrogens is 364 g/mol. The van der Waals surface area contributed by atoms with E-state index in [-0.39, 0.29) is 5.91 Å². The number of aryl methyl sites for hydroxylation is 2. The molecule has 0 saturated carbocycles. The van der Waals surface area contributed by atoms with E-state index >= 15 is 0 Å². The lowest BCUT2D eigenvalue weighted by molar-refractivity contribution is 0.102. The number of carbonyl (C=O) groups excluding carboxylic acids is 1. The summed E-state index contributed by atoms with van der Waals surface area (Å²) in [5.41, 5.74) is 6.12. The van der Waals surface area contributed by atoms with E-state index in [0.717, 1.165) is 33.7 Å². The maximum absolute atomic E-state index is 13.1. The van der Waals surface area contributed by atoms with Crippen molar-refractivity contribution in [2.24, 2.45) is 0 Å². The average Bonchev–Trinajstić information content (AvgIpc) is 3.33. The fraction of sp³-hybridized carbons (Fsp3) is 0.217. The fourth-order valence-corrected chi connectivity index (χ4v) is 3.40. The summed E-state index contributed by atoms with van der Waals surface area (Å²) in [6.07, 6.45) is 3.88. The van der Waals surface area contributed by atoms with Gasteiger partial charge in [0.2, 0.25) is 0 Å². The number of aromatic nitrogens is 3. The van der Waals surface area contributed by atoms with Crippen molar-refractivity contribution in [3.05, 3.63) is 77.6 Å². The van der Waals surface area contributed by atoms with Crippen molar-refractivity contribution in [1.29, 1.82) is 0 Å². The maximum atomic E-state index is 13.1. The number of nitrogens with zero attached hydrogens (tertiary/aromatic N) is 3. The van der Waals surface area contributed by atoms with E-state index in [1.165, 1.54) is 0 Å². The zero-order chi connectivity index (χ0) is 20.4. The van der Waals surface area contributed by atoms with Crippen LogP contribution in [0.1, 0.15) is 21.5 Å². The van der Waals surface area contributed by atoms with Gasteiger partial charge in [0.25, 0.3) is 5.91 Å². The summed E-state index contributed by atoms with van der Waals surface area (Å²) in [5.74, 6) is -0.132. The van der Waals surface area contributed by atoms with Crippen molar-refractivity contribution in [3.63, 3.8) is 0 Å². The second kappa shape index (κ2) is 7.93. The van der Waals surface area contributed by atoms with Gasteiger partial charge in [0.15, 0.2) is 0 Å². The quantitative estimate of drug-likeness (QED) is 0.535. The van der Waals surface area contributed by atoms with E-state index in [1.54, 1.807) is 7.11 Å². The van der Waals surface area contributed by atoms with E-state index < -0.39 is 0 Å². The first-order valence-corrected chi connectivity index (χ1v) is 9.58. The largest absolute Gasteiger partial charge is 0.383 e. The molecule has 1 aromatic carbocycles. The fourth-order valence-electron chi connectivity index (χ4n) is 3.40. The molecule has 3 heterocycles. The minimum atomic E-state index is -0.132. The Morgan fingerprint density at radius 1 is 1.10 bits per heavy atom. The molecule has 4 rings (SSSR count). The molecule has 0 aliphatic carbocycles. The lowest BCUT2D eigenvalue weighted by Gasteiger charge is -2.09. The number of rotatable bonds is 6. The number of pyridine rings is 1. The number of hydrogen-bond acceptors (Lipinski definition) is 3. The monoisotopic (exact) mass is 388 g/mol. The van der Waals surface area contributed by atoms with Crippen molar-refractivity contribution in [2.75, 3.05) is 19.0 Å². The summed E-state index contributed by atoms with van der Waals surface area (Å²) in [6.45, 7) is 5.28. The van der Waals surface area contributed by atoms with Crippen LogP contribution in [-0.2, 0) is 11.3 Å². The first-order valence-electron chi connectivity index (χ1n) is 9.58. The van der Waals surface area contributed by atoms with Crippen molar-refractivity contribution in [1.82, 2.24) is 14.2 Å². The molecule has 0 saturated heterocycles. The number of methoxy groups -OCH3 is 1. The number of benzene rings is 1. The van der Waals surface area contributed by atoms with E-state index in [0.29, 0.717) is 18.7 Å². The summed E-state index contributed by atoms with van der Waals surface area (Å²) < 4.78 is 8.97. The third kappa shape index (κ3) is 3.79. The van der Waals surface area contributed by atoms with Gasteiger partial charge < -0.3 is 14.5 Å². The Labute approximate surface area is 169 Å². The Morgan fingerprint density at radius 3 is 2.79 bits per heavy atom. The van der Waals surface area contributed by atoms with Gasteiger partial charge in [-0.1, -0.05) is 18.2 Å². The van der Waals surface area contributed by atoms with Crippen LogP contribution in [0.4, 0.5) is 5.69 Å². The molecule has 0 fully saturated rings. The molecule has 0 radical (unpaired) electrons. The van der Waals surface area contributed by atoms with E-state index in [4.69, 9.17) is 4.74 Å². The summed E-state index contributed by atoms with van der Waals surface area (Å²) in [4.78, 5) is 13.1. The first-order chi connectivity index (χ1) is 14.1. The van der Waals surface area contributed by atoms with Crippen LogP contribution in [0.25, 0.3) is 16.9 Å². The highest BCUT2D eigenvalue weighted by Crippen LogP contribution is 2.26. The molecule has 6 nitrogen and oxygen atoms in total. The second-order valence-electron chi connectivity index (χ2n) is 7.13. The predicted molar refractivity (Wildman–Crippen MR) is 114 cm³/mol. The number of anilines is 1. The standard InChI is InChI=1S/C23H24N4O2/c1-16-7-8-17(2)20(14-16)24-23(28)18-15-22(27-10-5-4-6-21(18)27)19-9-11-26(25-19)12-13-29-3/h4-11,14-15H,12-13H2,1-3H3,(H,24,28). The lowest BCUT2D eigenvalue weighted by atomic mass is 10.1. The van der Waals surface area contributed by atoms with Crippen molar-refractivity contribution < 1.29 is 9.53 Å². The summed E-state index contributed by atoms with van der Waals surface area (Å²) in [5, 5.41) is 7.70. The normalized spacial score (nSPS) is 11.1. The molecular formula is C23H24N4O2. The highest BCUT2D eigenvalue weighted by atomic mass is 16.5. The molecule has 4 aromatic rings. The van der Waals surface area contributed by atoms with Gasteiger partial charge in [0.1, 0.15) is 5.69 Å². The molecule has 3 aromatic heterocycles. The molecule has 0 atom stereocenters. The third-order valence-corrected chi connectivity index (χ3v) is 4.99. The van der Waals surface area contributed by atoms with Gasteiger partial charge in [0.05, 0.1) is 29.9 Å². The van der Waals surface area contributed by atoms with Gasteiger partial charge in [-0.3, -0.25) is 9.48 Å². The number of carbonyl (C=O) groups is 1. The molecule has 0 unspecified atom stereocenters. The Kier molecular flexibility index (Phi) is 5.18. The van der Waals surface area contributed by atoms with Gasteiger partial charge in [-0.25, -0.2) is 0 Å². The lowest BCUT2D eigenvalue weighted by Crippen LogP contribution is -2.12. The van der Waals surface area contributed by atoms with Gasteiger partial charge >= 0.3 is 0 Å². The van der Waals surface area contributed by atoms with Gasteiger partial charge in [-0.15, -0.1) is 0 Å². The highest BCUT2D eigenvalue weighted by Gasteiger charge is 2.18. The van der Waals surface area contributed by atoms with Gasteiger partial charge in [-0.2, -0.15) is 5.10 Å². The molecule has 0 bridgehead atoms. The summed E-state index contributed by atoms with van der Waals surface area (Å²) in [7, 11) is 1.67. The molecule has 1 N–H and O–H groups in total. The molecule has 148 valence electrons. The van der Waals surface area contributed by atoms with Crippen LogP contribution in [0.2, 0.25) is 0 Å². The Morgan fingerprint density at radius 2 is 1.97 bits per heavy atom. The minimum absolute atomic E-state index is 0.132. The Hall–Kier alpha value is -3.38. The van der Waals surface area contributed by atoms with Crippen LogP contribution >= 0.6 is 0 Å². The van der Waals surface area contributed by atoms with Crippen LogP contribution in [0, 0.1) is 13.8 Å². The number of nitrogens with one attached hydrogen (secondary N) is 1. The van der Waals surface area contributed by atoms with Crippen LogP contribution in [0.3, 0.4) is 0 Å². The predicted octanol–water partition coefficient (Wildman–Crippen LogP) is 4.32. The first kappa shape index (κ1) is 19.0. The van der Waals surface area contributed by atoms with Crippen LogP contribution in [0.15, 0.2) is 60.9 Å². The van der Waals surface area contributed by atoms with E-state index in [1.807, 2.05) is 83.9 Å². The molecule has 29 heavy (non-hydrogen) atoms. The molecule has 0 aliphatic heterocycles. The van der Waals surface area contributed by atoms with Crippen molar-refractivity contribution in [3.8, 4) is 11.4 Å². The average molecular weight is 388 g/mol. The summed E-state index contributed by atoms with van der Waals surface area (Å²) >= 11 is 0. The highest BCUT2D eigenvalue weighted by molar-refractivity contribution is 6.10. The number of ether oxygens (including phenoxy) is 1. The van der Waals surface area contributed by atoms with Crippen LogP contribution < -0.4 is 5.32 Å². The zero-order valence-corrected chi connectivity index (χ0v) is 16.8. The molecule has 0 aliphatic rings. The maximum Gasteiger partial charge on any atom is 0.257 e. The second-order valence-corrected chi connectivity index (χ2v) is 7.13. The minimum Gasteiger partial charge on any atom is -0.383 e.